The van der Waals surface area contributed by atoms with Gasteiger partial charge in [0.15, 0.2) is 0 Å². The molecule has 0 spiro atoms. The molecule has 2 aromatic carbocycles. The fraction of sp³-hybridized carbons (Fsp3) is 0.333. The number of aryl methyl sites for hydroxylation is 2. The summed E-state index contributed by atoms with van der Waals surface area (Å²) in [4.78, 5) is 24.2. The van der Waals surface area contributed by atoms with E-state index in [4.69, 9.17) is 0 Å². The zero-order valence-corrected chi connectivity index (χ0v) is 15.3. The summed E-state index contributed by atoms with van der Waals surface area (Å²) in [7, 11) is 0. The van der Waals surface area contributed by atoms with E-state index in [9.17, 15) is 9.59 Å². The lowest BCUT2D eigenvalue weighted by Crippen LogP contribution is -2.34. The van der Waals surface area contributed by atoms with Gasteiger partial charge in [0.1, 0.15) is 0 Å². The van der Waals surface area contributed by atoms with Crippen LogP contribution in [0.4, 0.5) is 0 Å². The molecule has 0 aromatic heterocycles. The molecule has 4 heteroatoms. The lowest BCUT2D eigenvalue weighted by atomic mass is 10.0. The molecule has 0 saturated heterocycles. The summed E-state index contributed by atoms with van der Waals surface area (Å²) < 4.78 is 0. The quantitative estimate of drug-likeness (QED) is 0.791. The van der Waals surface area contributed by atoms with Gasteiger partial charge in [-0.15, -0.1) is 0 Å². The first-order chi connectivity index (χ1) is 11.9. The van der Waals surface area contributed by atoms with Crippen LogP contribution in [0.3, 0.4) is 0 Å². The Bertz CT molecular complexity index is 749. The van der Waals surface area contributed by atoms with Crippen molar-refractivity contribution in [1.29, 1.82) is 0 Å². The summed E-state index contributed by atoms with van der Waals surface area (Å²) in [5, 5.41) is 5.64. The van der Waals surface area contributed by atoms with Crippen molar-refractivity contribution in [2.75, 3.05) is 13.1 Å². The van der Waals surface area contributed by atoms with E-state index in [0.717, 1.165) is 11.1 Å². The molecule has 0 unspecified atom stereocenters. The summed E-state index contributed by atoms with van der Waals surface area (Å²) in [6.07, 6.45) is 0. The van der Waals surface area contributed by atoms with Crippen molar-refractivity contribution in [3.05, 3.63) is 70.3 Å². The maximum Gasteiger partial charge on any atom is 0.251 e. The van der Waals surface area contributed by atoms with E-state index < -0.39 is 0 Å². The third kappa shape index (κ3) is 5.18. The fourth-order valence-corrected chi connectivity index (χ4v) is 2.46. The minimum Gasteiger partial charge on any atom is -0.350 e. The SMILES string of the molecule is Cc1ccc(C(=O)NCCNC(=O)c2ccc(C(C)C)cc2)cc1C. The van der Waals surface area contributed by atoms with Crippen LogP contribution in [-0.4, -0.2) is 24.9 Å². The molecule has 2 rings (SSSR count). The lowest BCUT2D eigenvalue weighted by molar-refractivity contribution is 0.0927. The predicted molar refractivity (Wildman–Crippen MR) is 101 cm³/mol. The van der Waals surface area contributed by atoms with E-state index in [1.54, 1.807) is 0 Å². The number of hydrogen-bond acceptors (Lipinski definition) is 2. The van der Waals surface area contributed by atoms with Crippen molar-refractivity contribution in [1.82, 2.24) is 10.6 Å². The number of hydrogen-bond donors (Lipinski definition) is 2. The lowest BCUT2D eigenvalue weighted by Gasteiger charge is -2.09. The largest absolute Gasteiger partial charge is 0.350 e. The van der Waals surface area contributed by atoms with Gasteiger partial charge in [0.05, 0.1) is 0 Å². The Labute approximate surface area is 149 Å². The molecule has 0 atom stereocenters. The highest BCUT2D eigenvalue weighted by molar-refractivity contribution is 5.95. The molecule has 2 aromatic rings. The second-order valence-corrected chi connectivity index (χ2v) is 6.59. The highest BCUT2D eigenvalue weighted by atomic mass is 16.2. The third-order valence-electron chi connectivity index (χ3n) is 4.30. The molecule has 0 aliphatic carbocycles. The molecule has 0 aliphatic heterocycles. The molecule has 0 radical (unpaired) electrons. The molecule has 0 heterocycles. The topological polar surface area (TPSA) is 58.2 Å². The van der Waals surface area contributed by atoms with Crippen LogP contribution in [0.25, 0.3) is 0 Å². The highest BCUT2D eigenvalue weighted by Gasteiger charge is 2.08. The minimum absolute atomic E-state index is 0.126. The Balaban J connectivity index is 1.79. The van der Waals surface area contributed by atoms with E-state index >= 15 is 0 Å². The Morgan fingerprint density at radius 3 is 1.84 bits per heavy atom. The number of amides is 2. The number of rotatable bonds is 6. The van der Waals surface area contributed by atoms with Gasteiger partial charge in [-0.2, -0.15) is 0 Å². The van der Waals surface area contributed by atoms with Gasteiger partial charge in [0.2, 0.25) is 0 Å². The Kier molecular flexibility index (Phi) is 6.34. The van der Waals surface area contributed by atoms with Crippen molar-refractivity contribution in [3.63, 3.8) is 0 Å². The zero-order valence-electron chi connectivity index (χ0n) is 15.3. The molecule has 0 bridgehead atoms. The van der Waals surface area contributed by atoms with Gasteiger partial charge in [0.25, 0.3) is 11.8 Å². The van der Waals surface area contributed by atoms with Crippen LogP contribution < -0.4 is 10.6 Å². The summed E-state index contributed by atoms with van der Waals surface area (Å²) in [6.45, 7) is 9.01. The fourth-order valence-electron chi connectivity index (χ4n) is 2.46. The number of carbonyl (C=O) groups is 2. The van der Waals surface area contributed by atoms with Gasteiger partial charge in [-0.1, -0.05) is 32.0 Å². The summed E-state index contributed by atoms with van der Waals surface area (Å²) in [6, 6.07) is 13.2. The van der Waals surface area contributed by atoms with Crippen LogP contribution in [0, 0.1) is 13.8 Å². The first kappa shape index (κ1) is 18.7. The first-order valence-corrected chi connectivity index (χ1v) is 8.62. The van der Waals surface area contributed by atoms with Crippen molar-refractivity contribution in [3.8, 4) is 0 Å². The molecule has 4 nitrogen and oxygen atoms in total. The Morgan fingerprint density at radius 2 is 1.32 bits per heavy atom. The highest BCUT2D eigenvalue weighted by Crippen LogP contribution is 2.14. The first-order valence-electron chi connectivity index (χ1n) is 8.62. The van der Waals surface area contributed by atoms with Gasteiger partial charge in [0, 0.05) is 24.2 Å². The van der Waals surface area contributed by atoms with Crippen molar-refractivity contribution in [2.45, 2.75) is 33.6 Å². The van der Waals surface area contributed by atoms with Crippen LogP contribution >= 0.6 is 0 Å². The standard InChI is InChI=1S/C21H26N2O2/c1-14(2)17-7-9-18(10-8-17)20(24)22-11-12-23-21(25)19-6-5-15(3)16(4)13-19/h5-10,13-14H,11-12H2,1-4H3,(H,22,24)(H,23,25). The Morgan fingerprint density at radius 1 is 0.800 bits per heavy atom. The number of nitrogens with one attached hydrogen (secondary N) is 2. The van der Waals surface area contributed by atoms with Crippen LogP contribution in [0.1, 0.15) is 57.2 Å². The van der Waals surface area contributed by atoms with E-state index in [-0.39, 0.29) is 11.8 Å². The van der Waals surface area contributed by atoms with Crippen LogP contribution in [0.15, 0.2) is 42.5 Å². The molecule has 0 aliphatic rings. The number of benzene rings is 2. The van der Waals surface area contributed by atoms with E-state index in [2.05, 4.69) is 24.5 Å². The summed E-state index contributed by atoms with van der Waals surface area (Å²) in [5.74, 6) is 0.187. The monoisotopic (exact) mass is 338 g/mol. The minimum atomic E-state index is -0.129. The van der Waals surface area contributed by atoms with Crippen LogP contribution in [0.5, 0.6) is 0 Å². The van der Waals surface area contributed by atoms with Crippen LogP contribution in [0.2, 0.25) is 0 Å². The van der Waals surface area contributed by atoms with E-state index in [1.807, 2.05) is 56.3 Å². The van der Waals surface area contributed by atoms with Gasteiger partial charge in [-0.3, -0.25) is 9.59 Å². The maximum atomic E-state index is 12.1. The second-order valence-electron chi connectivity index (χ2n) is 6.59. The van der Waals surface area contributed by atoms with Gasteiger partial charge >= 0.3 is 0 Å². The van der Waals surface area contributed by atoms with Crippen LogP contribution in [-0.2, 0) is 0 Å². The molecule has 0 fully saturated rings. The van der Waals surface area contributed by atoms with Gasteiger partial charge in [-0.25, -0.2) is 0 Å². The summed E-state index contributed by atoms with van der Waals surface area (Å²) in [5.41, 5.74) is 4.72. The Hall–Kier alpha value is -2.62. The predicted octanol–water partition coefficient (Wildman–Crippen LogP) is 3.59. The average molecular weight is 338 g/mol. The van der Waals surface area contributed by atoms with E-state index in [0.29, 0.717) is 30.1 Å². The normalized spacial score (nSPS) is 10.6. The molecule has 25 heavy (non-hydrogen) atoms. The zero-order chi connectivity index (χ0) is 18.4. The van der Waals surface area contributed by atoms with Gasteiger partial charge < -0.3 is 10.6 Å². The van der Waals surface area contributed by atoms with Crippen molar-refractivity contribution < 1.29 is 9.59 Å². The molecule has 0 saturated carbocycles. The molecule has 2 N–H and O–H groups in total. The average Bonchev–Trinajstić information content (AvgIpc) is 2.60. The number of carbonyl (C=O) groups excluding carboxylic acids is 2. The smallest absolute Gasteiger partial charge is 0.251 e. The summed E-state index contributed by atoms with van der Waals surface area (Å²) >= 11 is 0. The molecule has 132 valence electrons. The molecular weight excluding hydrogens is 312 g/mol. The second kappa shape index (κ2) is 8.47. The molecule has 2 amide bonds. The van der Waals surface area contributed by atoms with Gasteiger partial charge in [-0.05, 0) is 60.7 Å². The van der Waals surface area contributed by atoms with Crippen molar-refractivity contribution >= 4 is 11.8 Å². The third-order valence-corrected chi connectivity index (χ3v) is 4.30. The maximum absolute atomic E-state index is 12.1. The molecular formula is C21H26N2O2. The van der Waals surface area contributed by atoms with Crippen molar-refractivity contribution in [2.24, 2.45) is 0 Å². The van der Waals surface area contributed by atoms with E-state index in [1.165, 1.54) is 5.56 Å².